The van der Waals surface area contributed by atoms with Crippen molar-refractivity contribution < 1.29 is 9.59 Å². The Hall–Kier alpha value is -1.89. The van der Waals surface area contributed by atoms with Crippen LogP contribution in [0.3, 0.4) is 0 Å². The fourth-order valence-electron chi connectivity index (χ4n) is 2.92. The highest BCUT2D eigenvalue weighted by Crippen LogP contribution is 2.26. The predicted molar refractivity (Wildman–Crippen MR) is 73.1 cm³/mol. The van der Waals surface area contributed by atoms with E-state index >= 15 is 0 Å². The van der Waals surface area contributed by atoms with Gasteiger partial charge in [0.15, 0.2) is 0 Å². The molecule has 20 heavy (non-hydrogen) atoms. The number of anilines is 1. The number of nitrogens with zero attached hydrogens (tertiary/aromatic N) is 3. The number of aromatic nitrogens is 2. The molecule has 0 aliphatic carbocycles. The third-order valence-corrected chi connectivity index (χ3v) is 4.05. The Morgan fingerprint density at radius 1 is 1.50 bits per heavy atom. The number of H-pyrrole nitrogens is 1. The van der Waals surface area contributed by atoms with Crippen molar-refractivity contribution in [3.63, 3.8) is 0 Å². The van der Waals surface area contributed by atoms with Crippen molar-refractivity contribution in [3.05, 3.63) is 12.4 Å². The first-order chi connectivity index (χ1) is 9.66. The molecule has 0 spiro atoms. The van der Waals surface area contributed by atoms with E-state index in [2.05, 4.69) is 15.5 Å². The molecule has 2 aliphatic heterocycles. The summed E-state index contributed by atoms with van der Waals surface area (Å²) in [5.74, 6) is -0.149. The summed E-state index contributed by atoms with van der Waals surface area (Å²) < 4.78 is 0. The largest absolute Gasteiger partial charge is 0.337 e. The zero-order valence-corrected chi connectivity index (χ0v) is 11.5. The Balaban J connectivity index is 1.69. The van der Waals surface area contributed by atoms with Crippen LogP contribution in [0, 0.1) is 5.92 Å². The van der Waals surface area contributed by atoms with Gasteiger partial charge in [0.25, 0.3) is 0 Å². The Labute approximate surface area is 117 Å². The highest BCUT2D eigenvalue weighted by atomic mass is 16.2. The summed E-state index contributed by atoms with van der Waals surface area (Å²) in [6, 6.07) is 0.189. The summed E-state index contributed by atoms with van der Waals surface area (Å²) in [4.78, 5) is 28.2. The molecule has 108 valence electrons. The van der Waals surface area contributed by atoms with Crippen LogP contribution in [0.2, 0.25) is 0 Å². The second-order valence-electron chi connectivity index (χ2n) is 5.45. The Morgan fingerprint density at radius 3 is 3.05 bits per heavy atom. The Morgan fingerprint density at radius 2 is 2.35 bits per heavy atom. The average molecular weight is 277 g/mol. The molecule has 2 fully saturated rings. The molecule has 7 nitrogen and oxygen atoms in total. The van der Waals surface area contributed by atoms with Crippen molar-refractivity contribution in [1.82, 2.24) is 20.4 Å². The first-order valence-electron chi connectivity index (χ1n) is 6.97. The van der Waals surface area contributed by atoms with Crippen LogP contribution in [-0.2, 0) is 9.59 Å². The second-order valence-corrected chi connectivity index (χ2v) is 5.45. The molecule has 2 saturated heterocycles. The highest BCUT2D eigenvalue weighted by molar-refractivity contribution is 6.00. The molecule has 0 bridgehead atoms. The molecule has 2 unspecified atom stereocenters. The molecule has 0 saturated carbocycles. The summed E-state index contributed by atoms with van der Waals surface area (Å²) in [6.07, 6.45) is 3.58. The lowest BCUT2D eigenvalue weighted by Crippen LogP contribution is -2.54. The third-order valence-electron chi connectivity index (χ3n) is 4.05. The van der Waals surface area contributed by atoms with E-state index in [1.165, 1.54) is 0 Å². The molecule has 0 radical (unpaired) electrons. The van der Waals surface area contributed by atoms with Gasteiger partial charge in [0.1, 0.15) is 0 Å². The maximum absolute atomic E-state index is 12.6. The van der Waals surface area contributed by atoms with Crippen molar-refractivity contribution in [1.29, 1.82) is 0 Å². The van der Waals surface area contributed by atoms with Crippen LogP contribution in [0.25, 0.3) is 0 Å². The van der Waals surface area contributed by atoms with Gasteiger partial charge in [0.05, 0.1) is 17.8 Å². The van der Waals surface area contributed by atoms with Gasteiger partial charge in [0, 0.05) is 44.8 Å². The summed E-state index contributed by atoms with van der Waals surface area (Å²) >= 11 is 0. The average Bonchev–Trinajstić information content (AvgIpc) is 3.07. The second kappa shape index (κ2) is 5.24. The summed E-state index contributed by atoms with van der Waals surface area (Å²) in [5, 5.41) is 9.81. The van der Waals surface area contributed by atoms with Crippen molar-refractivity contribution >= 4 is 17.5 Å². The van der Waals surface area contributed by atoms with E-state index in [0.29, 0.717) is 13.0 Å². The van der Waals surface area contributed by atoms with E-state index in [1.807, 2.05) is 11.8 Å². The van der Waals surface area contributed by atoms with Gasteiger partial charge >= 0.3 is 0 Å². The molecular weight excluding hydrogens is 258 g/mol. The number of aromatic amines is 1. The number of nitrogens with one attached hydrogen (secondary N) is 2. The van der Waals surface area contributed by atoms with E-state index in [9.17, 15) is 9.59 Å². The van der Waals surface area contributed by atoms with E-state index < -0.39 is 0 Å². The van der Waals surface area contributed by atoms with Gasteiger partial charge < -0.3 is 15.1 Å². The monoisotopic (exact) mass is 277 g/mol. The number of hydrogen-bond acceptors (Lipinski definition) is 4. The normalized spacial score (nSPS) is 27.1. The third kappa shape index (κ3) is 2.29. The van der Waals surface area contributed by atoms with Gasteiger partial charge in [-0.2, -0.15) is 5.10 Å². The van der Waals surface area contributed by atoms with E-state index in [-0.39, 0.29) is 23.8 Å². The lowest BCUT2D eigenvalue weighted by Gasteiger charge is -2.35. The molecule has 3 rings (SSSR count). The number of carbonyl (C=O) groups excluding carboxylic acids is 2. The molecular formula is C13H19N5O2. The molecule has 1 aromatic heterocycles. The maximum atomic E-state index is 12.6. The Bertz CT molecular complexity index is 501. The lowest BCUT2D eigenvalue weighted by molar-refractivity contribution is -0.138. The van der Waals surface area contributed by atoms with Crippen LogP contribution < -0.4 is 10.2 Å². The molecule has 1 aromatic rings. The van der Waals surface area contributed by atoms with Crippen LogP contribution in [0.5, 0.6) is 0 Å². The summed E-state index contributed by atoms with van der Waals surface area (Å²) in [5.41, 5.74) is 0.735. The minimum absolute atomic E-state index is 0.00691. The topological polar surface area (TPSA) is 81.3 Å². The van der Waals surface area contributed by atoms with Crippen LogP contribution in [-0.4, -0.2) is 59.1 Å². The van der Waals surface area contributed by atoms with E-state index in [1.54, 1.807) is 17.3 Å². The van der Waals surface area contributed by atoms with Crippen molar-refractivity contribution in [2.75, 3.05) is 31.1 Å². The van der Waals surface area contributed by atoms with Crippen molar-refractivity contribution in [2.45, 2.75) is 19.4 Å². The lowest BCUT2D eigenvalue weighted by atomic mass is 10.1. The van der Waals surface area contributed by atoms with Crippen molar-refractivity contribution in [3.8, 4) is 0 Å². The molecule has 3 heterocycles. The highest BCUT2D eigenvalue weighted by Gasteiger charge is 2.38. The van der Waals surface area contributed by atoms with Crippen LogP contribution in [0.15, 0.2) is 12.4 Å². The number of carbonyl (C=O) groups is 2. The van der Waals surface area contributed by atoms with Gasteiger partial charge in [-0.1, -0.05) is 0 Å². The number of piperazine rings is 1. The fraction of sp³-hybridized carbons (Fsp3) is 0.615. The number of rotatable bonds is 2. The van der Waals surface area contributed by atoms with Crippen LogP contribution in [0.4, 0.5) is 5.69 Å². The molecule has 7 heteroatoms. The summed E-state index contributed by atoms with van der Waals surface area (Å²) in [6.45, 7) is 4.85. The quantitative estimate of drug-likeness (QED) is 0.769. The van der Waals surface area contributed by atoms with Gasteiger partial charge in [0.2, 0.25) is 11.8 Å². The predicted octanol–water partition coefficient (Wildman–Crippen LogP) is -0.417. The van der Waals surface area contributed by atoms with E-state index in [4.69, 9.17) is 0 Å². The zero-order valence-electron chi connectivity index (χ0n) is 11.5. The van der Waals surface area contributed by atoms with Crippen LogP contribution in [0.1, 0.15) is 13.3 Å². The summed E-state index contributed by atoms with van der Waals surface area (Å²) in [7, 11) is 0. The minimum Gasteiger partial charge on any atom is -0.337 e. The standard InChI is InChI=1S/C13H19N5O2/c1-9-5-14-2-3-17(9)13(20)10-4-12(19)18(8-10)11-6-15-16-7-11/h6-7,9-10,14H,2-5,8H2,1H3,(H,15,16). The molecule has 2 N–H and O–H groups in total. The first kappa shape index (κ1) is 13.1. The minimum atomic E-state index is -0.238. The smallest absolute Gasteiger partial charge is 0.228 e. The molecule has 2 aliphatic rings. The molecule has 2 atom stereocenters. The van der Waals surface area contributed by atoms with E-state index in [0.717, 1.165) is 25.3 Å². The molecule has 2 amide bonds. The number of hydrogen-bond donors (Lipinski definition) is 2. The molecule has 0 aromatic carbocycles. The zero-order chi connectivity index (χ0) is 14.1. The Kier molecular flexibility index (Phi) is 3.43. The van der Waals surface area contributed by atoms with Crippen LogP contribution >= 0.6 is 0 Å². The SMILES string of the molecule is CC1CNCCN1C(=O)C1CC(=O)N(c2cn[nH]c2)C1. The van der Waals surface area contributed by atoms with Gasteiger partial charge in [-0.25, -0.2) is 0 Å². The maximum Gasteiger partial charge on any atom is 0.228 e. The van der Waals surface area contributed by atoms with Gasteiger partial charge in [-0.3, -0.25) is 14.7 Å². The van der Waals surface area contributed by atoms with Crippen molar-refractivity contribution in [2.24, 2.45) is 5.92 Å². The van der Waals surface area contributed by atoms with Gasteiger partial charge in [-0.15, -0.1) is 0 Å². The fourth-order valence-corrected chi connectivity index (χ4v) is 2.92. The first-order valence-corrected chi connectivity index (χ1v) is 6.97. The number of amides is 2. The van der Waals surface area contributed by atoms with Gasteiger partial charge in [-0.05, 0) is 6.92 Å².